The first-order chi connectivity index (χ1) is 17.1. The van der Waals surface area contributed by atoms with Crippen LogP contribution in [0.4, 0.5) is 4.79 Å². The summed E-state index contributed by atoms with van der Waals surface area (Å²) < 4.78 is 26.7. The van der Waals surface area contributed by atoms with Gasteiger partial charge < -0.3 is 23.7 Å². The number of carbonyl (C=O) groups is 3. The largest absolute Gasteiger partial charge is 0.508 e. The van der Waals surface area contributed by atoms with Crippen LogP contribution in [0.1, 0.15) is 26.3 Å². The highest BCUT2D eigenvalue weighted by atomic mass is 16.7. The van der Waals surface area contributed by atoms with Crippen molar-refractivity contribution in [3.05, 3.63) is 72.3 Å². The smallest absolute Gasteiger partial charge is 0.493 e. The average Bonchev–Trinajstić information content (AvgIpc) is 2.87. The normalized spacial score (nSPS) is 14.1. The third-order valence-corrected chi connectivity index (χ3v) is 5.58. The highest BCUT2D eigenvalue weighted by Gasteiger charge is 2.40. The second-order valence-electron chi connectivity index (χ2n) is 8.84. The molecule has 8 heteroatoms. The number of benzene rings is 2. The van der Waals surface area contributed by atoms with E-state index < -0.39 is 23.5 Å². The van der Waals surface area contributed by atoms with Gasteiger partial charge in [-0.15, -0.1) is 0 Å². The zero-order valence-corrected chi connectivity index (χ0v) is 20.8. The Balaban J connectivity index is 1.73. The van der Waals surface area contributed by atoms with Crippen LogP contribution in [0.3, 0.4) is 0 Å². The van der Waals surface area contributed by atoms with Crippen LogP contribution in [0.2, 0.25) is 0 Å². The summed E-state index contributed by atoms with van der Waals surface area (Å²) in [4.78, 5) is 35.0. The van der Waals surface area contributed by atoms with Crippen LogP contribution in [-0.4, -0.2) is 44.5 Å². The van der Waals surface area contributed by atoms with Crippen LogP contribution < -0.4 is 9.47 Å². The Kier molecular flexibility index (Phi) is 8.53. The van der Waals surface area contributed by atoms with Crippen molar-refractivity contribution in [3.8, 4) is 22.6 Å². The van der Waals surface area contributed by atoms with E-state index in [1.165, 1.54) is 0 Å². The molecule has 0 aromatic heterocycles. The zero-order valence-electron chi connectivity index (χ0n) is 20.8. The number of hydrogen-bond donors (Lipinski definition) is 0. The molecule has 0 bridgehead atoms. The van der Waals surface area contributed by atoms with Crippen LogP contribution in [0.5, 0.6) is 11.5 Å². The van der Waals surface area contributed by atoms with Crippen LogP contribution in [0.25, 0.3) is 11.1 Å². The van der Waals surface area contributed by atoms with Crippen molar-refractivity contribution in [1.29, 1.82) is 0 Å². The summed E-state index contributed by atoms with van der Waals surface area (Å²) in [5.41, 5.74) is 2.78. The molecule has 2 aromatic rings. The van der Waals surface area contributed by atoms with E-state index in [4.69, 9.17) is 23.7 Å². The highest BCUT2D eigenvalue weighted by molar-refractivity contribution is 5.89. The number of hydrogen-bond acceptors (Lipinski definition) is 8. The van der Waals surface area contributed by atoms with E-state index in [2.05, 4.69) is 13.2 Å². The van der Waals surface area contributed by atoms with Gasteiger partial charge in [-0.1, -0.05) is 38.3 Å². The molecule has 0 N–H and O–H groups in total. The van der Waals surface area contributed by atoms with E-state index >= 15 is 0 Å². The molecule has 0 radical (unpaired) electrons. The maximum atomic E-state index is 11.9. The second-order valence-corrected chi connectivity index (χ2v) is 8.84. The van der Waals surface area contributed by atoms with E-state index in [0.717, 1.165) is 23.1 Å². The molecule has 0 saturated carbocycles. The van der Waals surface area contributed by atoms with Crippen molar-refractivity contribution in [2.24, 2.45) is 5.41 Å². The predicted molar refractivity (Wildman–Crippen MR) is 133 cm³/mol. The summed E-state index contributed by atoms with van der Waals surface area (Å²) in [5.74, 6) is 0.0519. The summed E-state index contributed by atoms with van der Waals surface area (Å²) in [6, 6.07) is 13.0. The lowest BCUT2D eigenvalue weighted by molar-refractivity contribution is -0.151. The molecule has 2 aromatic carbocycles. The van der Waals surface area contributed by atoms with Crippen LogP contribution in [-0.2, 0) is 30.2 Å². The topological polar surface area (TPSA) is 97.4 Å². The fraction of sp³-hybridized carbons (Fsp3) is 0.321. The van der Waals surface area contributed by atoms with Gasteiger partial charge in [-0.2, -0.15) is 0 Å². The first-order valence-electron chi connectivity index (χ1n) is 11.5. The fourth-order valence-electron chi connectivity index (χ4n) is 3.42. The summed E-state index contributed by atoms with van der Waals surface area (Å²) >= 11 is 0. The van der Waals surface area contributed by atoms with Crippen LogP contribution >= 0.6 is 0 Å². The van der Waals surface area contributed by atoms with E-state index in [1.54, 1.807) is 26.0 Å². The average molecular weight is 495 g/mol. The number of ether oxygens (including phenoxy) is 5. The molecule has 8 nitrogen and oxygen atoms in total. The van der Waals surface area contributed by atoms with Gasteiger partial charge in [0.1, 0.15) is 43.3 Å². The molecule has 1 saturated heterocycles. The minimum Gasteiger partial charge on any atom is -0.493 e. The van der Waals surface area contributed by atoms with Gasteiger partial charge >= 0.3 is 18.1 Å². The van der Waals surface area contributed by atoms with Crippen molar-refractivity contribution in [1.82, 2.24) is 0 Å². The lowest BCUT2D eigenvalue weighted by atomic mass is 9.91. The van der Waals surface area contributed by atoms with Gasteiger partial charge in [0, 0.05) is 11.1 Å². The molecule has 3 rings (SSSR count). The summed E-state index contributed by atoms with van der Waals surface area (Å²) in [7, 11) is 0. The van der Waals surface area contributed by atoms with Crippen molar-refractivity contribution < 1.29 is 38.1 Å². The van der Waals surface area contributed by atoms with Crippen molar-refractivity contribution in [2.75, 3.05) is 26.4 Å². The highest BCUT2D eigenvalue weighted by Crippen LogP contribution is 2.31. The lowest BCUT2D eigenvalue weighted by Crippen LogP contribution is -2.47. The van der Waals surface area contributed by atoms with Crippen molar-refractivity contribution >= 4 is 18.1 Å². The monoisotopic (exact) mass is 494 g/mol. The molecule has 1 heterocycles. The third-order valence-electron chi connectivity index (χ3n) is 5.58. The van der Waals surface area contributed by atoms with Gasteiger partial charge in [0.2, 0.25) is 0 Å². The number of esters is 2. The summed E-state index contributed by atoms with van der Waals surface area (Å²) in [6.07, 6.45) is -0.0176. The maximum Gasteiger partial charge on any atom is 0.508 e. The Hall–Kier alpha value is -4.07. The van der Waals surface area contributed by atoms with Gasteiger partial charge in [-0.3, -0.25) is 0 Å². The Morgan fingerprint density at radius 3 is 2.11 bits per heavy atom. The second kappa shape index (κ2) is 11.6. The Morgan fingerprint density at radius 1 is 0.917 bits per heavy atom. The molecule has 1 aliphatic heterocycles. The fourth-order valence-corrected chi connectivity index (χ4v) is 3.42. The molecule has 36 heavy (non-hydrogen) atoms. The molecule has 0 spiro atoms. The maximum absolute atomic E-state index is 11.9. The molecular weight excluding hydrogens is 464 g/mol. The Morgan fingerprint density at radius 2 is 1.53 bits per heavy atom. The van der Waals surface area contributed by atoms with Crippen molar-refractivity contribution in [3.63, 3.8) is 0 Å². The van der Waals surface area contributed by atoms with Crippen LogP contribution in [0, 0.1) is 5.41 Å². The number of aryl methyl sites for hydroxylation is 1. The molecule has 0 atom stereocenters. The summed E-state index contributed by atoms with van der Waals surface area (Å²) in [6.45, 7) is 12.4. The Labute approximate surface area is 210 Å². The zero-order chi connectivity index (χ0) is 26.3. The van der Waals surface area contributed by atoms with Crippen LogP contribution in [0.15, 0.2) is 66.8 Å². The van der Waals surface area contributed by atoms with Gasteiger partial charge in [0.15, 0.2) is 0 Å². The van der Waals surface area contributed by atoms with E-state index in [-0.39, 0.29) is 32.0 Å². The molecule has 1 fully saturated rings. The molecule has 0 unspecified atom stereocenters. The standard InChI is InChI=1S/C28H30O8/c1-6-20-13-23(11-12-24(20)21-7-9-22(10-8-21)36-26(30)19(4)5)32-14-28(15-33-25(29)18(2)3)16-34-27(31)35-17-28/h7-13H,2,4,6,14-17H2,1,3,5H3. The van der Waals surface area contributed by atoms with Gasteiger partial charge in [-0.05, 0) is 61.2 Å². The molecule has 0 amide bonds. The number of rotatable bonds is 10. The number of carbonyl (C=O) groups excluding carboxylic acids is 3. The van der Waals surface area contributed by atoms with Gasteiger partial charge in [0.25, 0.3) is 0 Å². The summed E-state index contributed by atoms with van der Waals surface area (Å²) in [5, 5.41) is 0. The van der Waals surface area contributed by atoms with E-state index in [1.807, 2.05) is 37.3 Å². The third kappa shape index (κ3) is 6.75. The molecule has 0 aliphatic carbocycles. The Bertz CT molecular complexity index is 1150. The first kappa shape index (κ1) is 26.5. The SMILES string of the molecule is C=C(C)C(=O)OCC1(COc2ccc(-c3ccc(OC(=O)C(=C)C)cc3)c(CC)c2)COC(=O)OC1. The molecule has 190 valence electrons. The minimum atomic E-state index is -0.846. The quantitative estimate of drug-likeness (QED) is 0.257. The first-order valence-corrected chi connectivity index (χ1v) is 11.5. The number of cyclic esters (lactones) is 2. The van der Waals surface area contributed by atoms with E-state index in [9.17, 15) is 14.4 Å². The molecular formula is C28H30O8. The van der Waals surface area contributed by atoms with Gasteiger partial charge in [0.05, 0.1) is 0 Å². The van der Waals surface area contributed by atoms with E-state index in [0.29, 0.717) is 17.1 Å². The lowest BCUT2D eigenvalue weighted by Gasteiger charge is -2.34. The predicted octanol–water partition coefficient (Wildman–Crippen LogP) is 5.05. The minimum absolute atomic E-state index is 0.00365. The molecule has 1 aliphatic rings. The van der Waals surface area contributed by atoms with Gasteiger partial charge in [-0.25, -0.2) is 14.4 Å². The van der Waals surface area contributed by atoms with Crippen molar-refractivity contribution in [2.45, 2.75) is 27.2 Å².